The van der Waals surface area contributed by atoms with Gasteiger partial charge in [0.05, 0.1) is 42.5 Å². The number of hydrogen-bond acceptors (Lipinski definition) is 17. The summed E-state index contributed by atoms with van der Waals surface area (Å²) >= 11 is 31.9. The number of aliphatic hydroxyl groups is 1. The van der Waals surface area contributed by atoms with Crippen LogP contribution in [0.3, 0.4) is 0 Å². The van der Waals surface area contributed by atoms with E-state index in [2.05, 4.69) is 76.0 Å². The lowest BCUT2D eigenvalue weighted by atomic mass is 10.1. The van der Waals surface area contributed by atoms with Gasteiger partial charge in [-0.15, -0.1) is 0 Å². The van der Waals surface area contributed by atoms with Gasteiger partial charge >= 0.3 is 31.0 Å². The number of alkyl halides is 3. The summed E-state index contributed by atoms with van der Waals surface area (Å²) in [6.07, 6.45) is 14.1. The second kappa shape index (κ2) is 46.7. The Morgan fingerprint density at radius 3 is 1.71 bits per heavy atom. The van der Waals surface area contributed by atoms with Crippen LogP contribution < -0.4 is 10.2 Å². The lowest BCUT2D eigenvalue weighted by Crippen LogP contribution is -2.40. The minimum absolute atomic E-state index is 0.0119. The normalized spacial score (nSPS) is 13.5. The zero-order valence-electron chi connectivity index (χ0n) is 56.4. The predicted octanol–water partition coefficient (Wildman–Crippen LogP) is 17.4. The second-order valence-corrected chi connectivity index (χ2v) is 36.1. The maximum absolute atomic E-state index is 13.4. The van der Waals surface area contributed by atoms with Crippen molar-refractivity contribution in [1.29, 1.82) is 0 Å². The van der Waals surface area contributed by atoms with Crippen LogP contribution in [0.15, 0.2) is 60.9 Å². The number of carbonyl (C=O) groups excluding carboxylic acids is 4. The van der Waals surface area contributed by atoms with Gasteiger partial charge in [0.2, 0.25) is 13.3 Å². The van der Waals surface area contributed by atoms with Crippen LogP contribution in [0.5, 0.6) is 0 Å². The number of hydrogen-bond donors (Lipinski definition) is 6. The van der Waals surface area contributed by atoms with Gasteiger partial charge < -0.3 is 58.4 Å². The molecule has 2 amide bonds. The molecule has 0 aliphatic heterocycles. The molecular weight excluding hydrogens is 1440 g/mol. The molecule has 4 unspecified atom stereocenters. The van der Waals surface area contributed by atoms with Gasteiger partial charge in [-0.3, -0.25) is 29.0 Å². The number of rotatable bonds is 39. The molecule has 0 aliphatic rings. The van der Waals surface area contributed by atoms with E-state index >= 15 is 0 Å². The van der Waals surface area contributed by atoms with Gasteiger partial charge in [-0.2, -0.15) is 4.44 Å². The molecule has 6 N–H and O–H groups in total. The van der Waals surface area contributed by atoms with Crippen LogP contribution in [0, 0.1) is 0 Å². The van der Waals surface area contributed by atoms with E-state index in [0.29, 0.717) is 61.0 Å². The molecule has 23 nitrogen and oxygen atoms in total. The van der Waals surface area contributed by atoms with Crippen LogP contribution in [0.2, 0.25) is 10.0 Å². The van der Waals surface area contributed by atoms with Crippen LogP contribution in [-0.2, 0) is 41.8 Å². The summed E-state index contributed by atoms with van der Waals surface area (Å²) < 4.78 is 59.7. The Morgan fingerprint density at radius 1 is 0.653 bits per heavy atom. The number of nitrogens with zero attached hydrogens (tertiary/aromatic N) is 6. The fourth-order valence-electron chi connectivity index (χ4n) is 10.1. The number of pyridine rings is 2. The van der Waals surface area contributed by atoms with E-state index in [0.717, 1.165) is 111 Å². The predicted molar refractivity (Wildman–Crippen MR) is 388 cm³/mol. The molecule has 2 heterocycles. The van der Waals surface area contributed by atoms with Crippen molar-refractivity contribution >= 4 is 156 Å². The Balaban J connectivity index is 0.000000726. The number of amides is 2. The van der Waals surface area contributed by atoms with Crippen LogP contribution in [0.4, 0.5) is 21.0 Å². The molecule has 2 aromatic carbocycles. The average Bonchev–Trinajstić information content (AvgIpc) is 0.813. The minimum Gasteiger partial charge on any atom is -0.449 e. The maximum atomic E-state index is 13.4. The summed E-state index contributed by atoms with van der Waals surface area (Å²) in [7, 11) is -16.6. The molecule has 2 aromatic heterocycles. The minimum atomic E-state index is -5.45. The summed E-state index contributed by atoms with van der Waals surface area (Å²) in [4.78, 5) is 98.9. The number of ether oxygens (including phenoxy) is 2. The fraction of sp³-hybridized carbons (Fsp3) is 0.645. The Hall–Kier alpha value is -2.72. The number of Topliss-reactive ketones (excluding diaryl/α,β-unsaturated/α-hetero) is 1. The highest BCUT2D eigenvalue weighted by Crippen LogP contribution is 2.65. The molecule has 95 heavy (non-hydrogen) atoms. The van der Waals surface area contributed by atoms with Gasteiger partial charge in [0.25, 0.3) is 0 Å². The van der Waals surface area contributed by atoms with E-state index in [1.54, 1.807) is 49.5 Å². The van der Waals surface area contributed by atoms with Gasteiger partial charge in [0, 0.05) is 95.1 Å². The molecule has 0 fully saturated rings. The van der Waals surface area contributed by atoms with Crippen molar-refractivity contribution in [3.05, 3.63) is 71.0 Å². The third-order valence-electron chi connectivity index (χ3n) is 15.0. The first-order chi connectivity index (χ1) is 44.4. The Bertz CT molecular complexity index is 3120. The lowest BCUT2D eigenvalue weighted by Gasteiger charge is -2.30. The van der Waals surface area contributed by atoms with Crippen LogP contribution in [0.1, 0.15) is 158 Å². The van der Waals surface area contributed by atoms with Gasteiger partial charge in [0.1, 0.15) is 5.78 Å². The number of aromatic nitrogens is 2. The van der Waals surface area contributed by atoms with Crippen LogP contribution in [0.25, 0.3) is 21.8 Å². The molecule has 0 spiro atoms. The van der Waals surface area contributed by atoms with Crippen molar-refractivity contribution in [1.82, 2.24) is 24.2 Å². The standard InChI is InChI=1S/C27H43ClN4O9P2.C18H26ClN3.C15H32O5P2.C2Cl4O2/c1-4-30(5-2)17-12-13-21(3)31(25-20-22(28)19-24-23(25)14-11-16-29-24)27(34)41-18-10-8-6-7-9-15-26(33)32(42(35,36)37)43(38,39)40;1-4-22(5-2)12-6-7-14(3)21-17-10-11-20-18-13-15(19)8-9-16(17)18;1-5-20-22(4,19)15(21(2,3)18)13-14(17)11-9-7-6-8-10-12-16;3-1(7)8-2(4,5)6/h11,14,16,19-21H,4-10,12-13,15,17-18H2,1-3H3,(H2,35,36,37)(H2,38,39,40);8-11,13-14H,4-7,12H2,1-3H3,(H,20,21);15-16H,5-13H2,1-4H3;. The first kappa shape index (κ1) is 90.3. The summed E-state index contributed by atoms with van der Waals surface area (Å²) in [5.41, 5.74) is 2.22. The largest absolute Gasteiger partial charge is 0.449 e. The summed E-state index contributed by atoms with van der Waals surface area (Å²) in [5, 5.41) is 14.7. The monoisotopic (exact) mass is 1530 g/mol. The first-order valence-electron chi connectivity index (χ1n) is 32.0. The number of aliphatic hydroxyl groups excluding tert-OH is 1. The number of unbranched alkanes of at least 4 members (excludes halogenated alkanes) is 8. The van der Waals surface area contributed by atoms with E-state index in [9.17, 15) is 37.4 Å². The zero-order chi connectivity index (χ0) is 72.2. The number of halogens is 6. The Morgan fingerprint density at radius 2 is 1.18 bits per heavy atom. The van der Waals surface area contributed by atoms with Gasteiger partial charge in [-0.1, -0.05) is 89.4 Å². The van der Waals surface area contributed by atoms with E-state index in [1.165, 1.54) is 19.6 Å². The molecule has 33 heteroatoms. The highest BCUT2D eigenvalue weighted by atomic mass is 35.6. The average molecular weight is 1540 g/mol. The van der Waals surface area contributed by atoms with Gasteiger partial charge in [-0.05, 0) is 208 Å². The van der Waals surface area contributed by atoms with Crippen LogP contribution in [-0.4, -0.2) is 173 Å². The SMILES string of the molecule is CCN(CC)CCCC(C)N(C(=O)OCCCCCCCC(=O)N(P(=O)(O)O)P(=O)(O)O)c1cc(Cl)cc2ncccc12.CCN(CC)CCCC(C)Nc1ccnc2cc(Cl)ccc12.CCOP(C)(=O)C(CC(=O)CCCCCCCO)P(C)(C)=O.O=C(Cl)OC(Cl)(Cl)Cl. The molecule has 4 atom stereocenters. The number of ketones is 1. The fourth-order valence-corrected chi connectivity index (χ4v) is 19.1. The molecule has 0 aliphatic carbocycles. The van der Waals surface area contributed by atoms with Crippen molar-refractivity contribution < 1.29 is 76.1 Å². The Kier molecular flexibility index (Phi) is 44.3. The third-order valence-corrected chi connectivity index (χ3v) is 25.2. The summed E-state index contributed by atoms with van der Waals surface area (Å²) in [5.74, 6) is -1.30. The number of carbonyl (C=O) groups is 4. The van der Waals surface area contributed by atoms with E-state index in [1.807, 2.05) is 43.5 Å². The van der Waals surface area contributed by atoms with Crippen molar-refractivity contribution in [2.75, 3.05) is 89.3 Å². The van der Waals surface area contributed by atoms with Crippen molar-refractivity contribution in [3.8, 4) is 0 Å². The van der Waals surface area contributed by atoms with E-state index < -0.39 is 67.7 Å². The molecular formula is C62H101Cl6N7O16P4. The van der Waals surface area contributed by atoms with Gasteiger partial charge in [0.15, 0.2) is 0 Å². The first-order valence-corrected chi connectivity index (χ1v) is 42.2. The van der Waals surface area contributed by atoms with Crippen molar-refractivity contribution in [3.63, 3.8) is 0 Å². The smallest absolute Gasteiger partial charge is 0.441 e. The molecule has 542 valence electrons. The third kappa shape index (κ3) is 37.5. The number of nitrogens with one attached hydrogen (secondary N) is 1. The molecule has 4 rings (SSSR count). The van der Waals surface area contributed by atoms with Gasteiger partial charge in [-0.25, -0.2) is 18.7 Å². The Labute approximate surface area is 591 Å². The summed E-state index contributed by atoms with van der Waals surface area (Å²) in [6.45, 7) is 26.2. The molecule has 0 bridgehead atoms. The molecule has 4 aromatic rings. The maximum Gasteiger partial charge on any atom is 0.441 e. The molecule has 0 saturated carbocycles. The lowest BCUT2D eigenvalue weighted by molar-refractivity contribution is -0.124. The number of anilines is 2. The highest BCUT2D eigenvalue weighted by molar-refractivity contribution is 7.78. The topological polar surface area (TPSA) is 316 Å². The second-order valence-electron chi connectivity index (χ2n) is 23.0. The van der Waals surface area contributed by atoms with Crippen molar-refractivity contribution in [2.45, 2.75) is 179 Å². The zero-order valence-corrected chi connectivity index (χ0v) is 64.5. The van der Waals surface area contributed by atoms with Crippen molar-refractivity contribution in [2.24, 2.45) is 0 Å². The van der Waals surface area contributed by atoms with E-state index in [4.69, 9.17) is 91.9 Å². The van der Waals surface area contributed by atoms with Crippen LogP contribution >= 0.6 is 99.6 Å². The highest BCUT2D eigenvalue weighted by Gasteiger charge is 2.43. The van der Waals surface area contributed by atoms with E-state index in [-0.39, 0.29) is 37.9 Å². The quantitative estimate of drug-likeness (QED) is 0.0105. The number of fused-ring (bicyclic) bond motifs is 2. The number of benzene rings is 2. The molecule has 0 saturated heterocycles. The molecule has 0 radical (unpaired) electrons. The summed E-state index contributed by atoms with van der Waals surface area (Å²) in [6, 6.07) is 15.4.